The molecule has 0 bridgehead atoms. The Morgan fingerprint density at radius 3 is 2.75 bits per heavy atom. The first-order valence-corrected chi connectivity index (χ1v) is 4.86. The van der Waals surface area contributed by atoms with Gasteiger partial charge >= 0.3 is 5.97 Å². The summed E-state index contributed by atoms with van der Waals surface area (Å²) in [5, 5.41) is 9.45. The Labute approximate surface area is 91.7 Å². The van der Waals surface area contributed by atoms with Gasteiger partial charge in [-0.2, -0.15) is 0 Å². The quantitative estimate of drug-likeness (QED) is 0.804. The van der Waals surface area contributed by atoms with Crippen LogP contribution in [0.5, 0.6) is 0 Å². The lowest BCUT2D eigenvalue weighted by Gasteiger charge is -2.11. The van der Waals surface area contributed by atoms with Crippen molar-refractivity contribution in [2.75, 3.05) is 6.61 Å². The van der Waals surface area contributed by atoms with E-state index >= 15 is 0 Å². The normalized spacial score (nSPS) is 12.2. The van der Waals surface area contributed by atoms with Crippen LogP contribution in [0.1, 0.15) is 25.0 Å². The number of halogens is 2. The first-order valence-electron chi connectivity index (χ1n) is 4.86. The summed E-state index contributed by atoms with van der Waals surface area (Å²) in [5.74, 6) is -2.68. The fourth-order valence-electron chi connectivity index (χ4n) is 1.13. The van der Waals surface area contributed by atoms with E-state index in [1.54, 1.807) is 6.92 Å². The van der Waals surface area contributed by atoms with Gasteiger partial charge in [-0.3, -0.25) is 0 Å². The van der Waals surface area contributed by atoms with Crippen molar-refractivity contribution in [3.63, 3.8) is 0 Å². The summed E-state index contributed by atoms with van der Waals surface area (Å²) in [6.45, 7) is 1.94. The molecule has 88 valence electrons. The third-order valence-electron chi connectivity index (χ3n) is 1.93. The summed E-state index contributed by atoms with van der Waals surface area (Å²) < 4.78 is 30.4. The van der Waals surface area contributed by atoms with Crippen molar-refractivity contribution in [1.29, 1.82) is 0 Å². The molecule has 16 heavy (non-hydrogen) atoms. The highest BCUT2D eigenvalue weighted by atomic mass is 19.1. The molecular formula is C11H12F2O3. The molecule has 0 aliphatic rings. The zero-order valence-electron chi connectivity index (χ0n) is 8.74. The second-order valence-corrected chi connectivity index (χ2v) is 3.24. The van der Waals surface area contributed by atoms with Gasteiger partial charge in [-0.15, -0.1) is 0 Å². The first kappa shape index (κ1) is 12.6. The molecule has 5 heteroatoms. The van der Waals surface area contributed by atoms with E-state index in [1.165, 1.54) is 0 Å². The number of hydrogen-bond acceptors (Lipinski definition) is 3. The van der Waals surface area contributed by atoms with Gasteiger partial charge in [-0.1, -0.05) is 6.92 Å². The lowest BCUT2D eigenvalue weighted by molar-refractivity contribution is -0.154. The number of esters is 1. The second kappa shape index (κ2) is 5.55. The molecule has 0 aromatic heterocycles. The van der Waals surface area contributed by atoms with Crippen LogP contribution in [0, 0.1) is 11.6 Å². The number of aliphatic hydroxyl groups is 1. The molecule has 0 radical (unpaired) electrons. The van der Waals surface area contributed by atoms with Gasteiger partial charge in [0.05, 0.1) is 6.61 Å². The zero-order chi connectivity index (χ0) is 12.1. The van der Waals surface area contributed by atoms with Crippen LogP contribution in [-0.2, 0) is 9.53 Å². The van der Waals surface area contributed by atoms with Gasteiger partial charge in [0.25, 0.3) is 0 Å². The molecule has 0 fully saturated rings. The van der Waals surface area contributed by atoms with E-state index in [1.807, 2.05) is 0 Å². The van der Waals surface area contributed by atoms with E-state index in [2.05, 4.69) is 4.74 Å². The van der Waals surface area contributed by atoms with Crippen LogP contribution in [0.4, 0.5) is 8.78 Å². The monoisotopic (exact) mass is 230 g/mol. The minimum absolute atomic E-state index is 0.151. The first-order chi connectivity index (χ1) is 7.56. The second-order valence-electron chi connectivity index (χ2n) is 3.24. The van der Waals surface area contributed by atoms with Gasteiger partial charge < -0.3 is 9.84 Å². The Morgan fingerprint density at radius 2 is 2.19 bits per heavy atom. The van der Waals surface area contributed by atoms with Gasteiger partial charge in [-0.25, -0.2) is 13.6 Å². The summed E-state index contributed by atoms with van der Waals surface area (Å²) in [5.41, 5.74) is -0.289. The van der Waals surface area contributed by atoms with Crippen LogP contribution in [0.25, 0.3) is 0 Å². The summed E-state index contributed by atoms with van der Waals surface area (Å²) in [4.78, 5) is 11.2. The lowest BCUT2D eigenvalue weighted by Crippen LogP contribution is -2.17. The van der Waals surface area contributed by atoms with Gasteiger partial charge in [0, 0.05) is 11.6 Å². The van der Waals surface area contributed by atoms with Crippen LogP contribution in [0.3, 0.4) is 0 Å². The maximum atomic E-state index is 13.2. The molecule has 1 unspecified atom stereocenters. The number of rotatable bonds is 4. The molecule has 0 aliphatic carbocycles. The van der Waals surface area contributed by atoms with Crippen LogP contribution >= 0.6 is 0 Å². The molecule has 1 N–H and O–H groups in total. The van der Waals surface area contributed by atoms with E-state index in [4.69, 9.17) is 0 Å². The molecule has 1 atom stereocenters. The fraction of sp³-hybridized carbons (Fsp3) is 0.364. The van der Waals surface area contributed by atoms with Crippen molar-refractivity contribution in [2.45, 2.75) is 19.4 Å². The Hall–Kier alpha value is -1.49. The molecule has 0 aliphatic heterocycles. The molecular weight excluding hydrogens is 218 g/mol. The van der Waals surface area contributed by atoms with E-state index in [0.29, 0.717) is 12.5 Å². The number of carbonyl (C=O) groups excluding carboxylic acids is 1. The molecule has 1 aromatic rings. The SMILES string of the molecule is CCCOC(=O)C(O)c1ccc(F)cc1F. The number of carbonyl (C=O) groups is 1. The molecule has 1 rings (SSSR count). The minimum Gasteiger partial charge on any atom is -0.464 e. The maximum Gasteiger partial charge on any atom is 0.339 e. The van der Waals surface area contributed by atoms with Crippen LogP contribution in [0.15, 0.2) is 18.2 Å². The molecule has 1 aromatic carbocycles. The predicted octanol–water partition coefficient (Wildman–Crippen LogP) is 1.95. The van der Waals surface area contributed by atoms with Crippen molar-refractivity contribution in [3.05, 3.63) is 35.4 Å². The van der Waals surface area contributed by atoms with Crippen LogP contribution in [-0.4, -0.2) is 17.7 Å². The van der Waals surface area contributed by atoms with Gasteiger partial charge in [0.15, 0.2) is 6.10 Å². The molecule has 0 saturated carbocycles. The smallest absolute Gasteiger partial charge is 0.339 e. The standard InChI is InChI=1S/C11H12F2O3/c1-2-5-16-11(15)10(14)8-4-3-7(12)6-9(8)13/h3-4,6,10,14H,2,5H2,1H3. The topological polar surface area (TPSA) is 46.5 Å². The van der Waals surface area contributed by atoms with E-state index < -0.39 is 23.7 Å². The van der Waals surface area contributed by atoms with Crippen molar-refractivity contribution in [3.8, 4) is 0 Å². The summed E-state index contributed by atoms with van der Waals surface area (Å²) in [6, 6.07) is 2.59. The molecule has 0 heterocycles. The van der Waals surface area contributed by atoms with Crippen molar-refractivity contribution in [2.24, 2.45) is 0 Å². The molecule has 0 saturated heterocycles. The predicted molar refractivity (Wildman–Crippen MR) is 52.6 cm³/mol. The van der Waals surface area contributed by atoms with Crippen molar-refractivity contribution >= 4 is 5.97 Å². The van der Waals surface area contributed by atoms with Crippen molar-refractivity contribution < 1.29 is 23.4 Å². The summed E-state index contributed by atoms with van der Waals surface area (Å²) in [6.07, 6.45) is -1.11. The van der Waals surface area contributed by atoms with Gasteiger partial charge in [0.1, 0.15) is 11.6 Å². The number of aliphatic hydroxyl groups excluding tert-OH is 1. The van der Waals surface area contributed by atoms with Crippen molar-refractivity contribution in [1.82, 2.24) is 0 Å². The highest BCUT2D eigenvalue weighted by Crippen LogP contribution is 2.19. The molecule has 0 spiro atoms. The third kappa shape index (κ3) is 3.00. The van der Waals surface area contributed by atoms with Crippen LogP contribution in [0.2, 0.25) is 0 Å². The maximum absolute atomic E-state index is 13.2. The third-order valence-corrected chi connectivity index (χ3v) is 1.93. The van der Waals surface area contributed by atoms with E-state index in [9.17, 15) is 18.7 Å². The summed E-state index contributed by atoms with van der Waals surface area (Å²) in [7, 11) is 0. The minimum atomic E-state index is -1.72. The van der Waals surface area contributed by atoms with E-state index in [0.717, 1.165) is 12.1 Å². The highest BCUT2D eigenvalue weighted by molar-refractivity contribution is 5.76. The zero-order valence-corrected chi connectivity index (χ0v) is 8.74. The Bertz CT molecular complexity index is 379. The fourth-order valence-corrected chi connectivity index (χ4v) is 1.13. The Kier molecular flexibility index (Phi) is 4.37. The Morgan fingerprint density at radius 1 is 1.50 bits per heavy atom. The highest BCUT2D eigenvalue weighted by Gasteiger charge is 2.22. The van der Waals surface area contributed by atoms with Gasteiger partial charge in [0.2, 0.25) is 0 Å². The summed E-state index contributed by atoms with van der Waals surface area (Å²) >= 11 is 0. The average Bonchev–Trinajstić information content (AvgIpc) is 2.25. The lowest BCUT2D eigenvalue weighted by atomic mass is 10.1. The average molecular weight is 230 g/mol. The number of hydrogen-bond donors (Lipinski definition) is 1. The number of benzene rings is 1. The largest absolute Gasteiger partial charge is 0.464 e. The molecule has 3 nitrogen and oxygen atoms in total. The number of ether oxygens (including phenoxy) is 1. The Balaban J connectivity index is 2.79. The van der Waals surface area contributed by atoms with Gasteiger partial charge in [-0.05, 0) is 18.6 Å². The van der Waals surface area contributed by atoms with Crippen LogP contribution < -0.4 is 0 Å². The molecule has 0 amide bonds. The van der Waals surface area contributed by atoms with E-state index in [-0.39, 0.29) is 12.2 Å².